The lowest BCUT2D eigenvalue weighted by Gasteiger charge is -2.16. The molecule has 0 aliphatic carbocycles. The molecule has 1 heterocycles. The first-order chi connectivity index (χ1) is 16.0. The molecule has 0 fully saturated rings. The average Bonchev–Trinajstić information content (AvgIpc) is 3.09. The van der Waals surface area contributed by atoms with Gasteiger partial charge in [-0.25, -0.2) is 0 Å². The molecular weight excluding hydrogens is 534 g/mol. The maximum atomic E-state index is 3.91. The van der Waals surface area contributed by atoms with Crippen molar-refractivity contribution in [3.8, 4) is 28.2 Å². The minimum absolute atomic E-state index is 1.07. The number of aryl methyl sites for hydroxylation is 3. The summed E-state index contributed by atoms with van der Waals surface area (Å²) in [5.41, 5.74) is 9.81. The highest BCUT2D eigenvalue weighted by molar-refractivity contribution is 9.13. The van der Waals surface area contributed by atoms with Crippen LogP contribution in [0.1, 0.15) is 49.3 Å². The predicted octanol–water partition coefficient (Wildman–Crippen LogP) is 10.1. The lowest BCUT2D eigenvalue weighted by Crippen LogP contribution is -2.00. The van der Waals surface area contributed by atoms with E-state index in [4.69, 9.17) is 0 Å². The summed E-state index contributed by atoms with van der Waals surface area (Å²) < 4.78 is 4.53. The van der Waals surface area contributed by atoms with Gasteiger partial charge in [0.05, 0.1) is 20.3 Å². The fourth-order valence-corrected chi connectivity index (χ4v) is 5.46. The van der Waals surface area contributed by atoms with Gasteiger partial charge >= 0.3 is 0 Å². The molecule has 0 saturated carbocycles. The van der Waals surface area contributed by atoms with E-state index >= 15 is 0 Å². The molecule has 0 aliphatic rings. The molecule has 4 rings (SSSR count). The Balaban J connectivity index is 1.83. The number of unbranched alkanes of at least 4 members (excludes halogenated alkanes) is 3. The molecule has 0 saturated heterocycles. The van der Waals surface area contributed by atoms with Crippen LogP contribution >= 0.6 is 31.9 Å². The molecule has 3 aromatic carbocycles. The average molecular weight is 565 g/mol. The Morgan fingerprint density at radius 2 is 1.09 bits per heavy atom. The Morgan fingerprint density at radius 1 is 0.606 bits per heavy atom. The fourth-order valence-electron chi connectivity index (χ4n) is 4.28. The van der Waals surface area contributed by atoms with Crippen molar-refractivity contribution in [2.45, 2.75) is 52.9 Å². The zero-order chi connectivity index (χ0) is 23.4. The van der Waals surface area contributed by atoms with Crippen LogP contribution in [0.15, 0.2) is 81.7 Å². The van der Waals surface area contributed by atoms with Crippen LogP contribution in [0.2, 0.25) is 0 Å². The largest absolute Gasteiger partial charge is 0.307 e. The molecule has 0 aliphatic heterocycles. The van der Waals surface area contributed by atoms with E-state index in [1.807, 2.05) is 0 Å². The second-order valence-electron chi connectivity index (χ2n) is 8.87. The summed E-state index contributed by atoms with van der Waals surface area (Å²) in [6, 6.07) is 26.7. The van der Waals surface area contributed by atoms with Crippen LogP contribution in [-0.4, -0.2) is 4.57 Å². The summed E-state index contributed by atoms with van der Waals surface area (Å²) in [6.45, 7) is 6.52. The zero-order valence-corrected chi connectivity index (χ0v) is 22.8. The van der Waals surface area contributed by atoms with Crippen molar-refractivity contribution in [3.63, 3.8) is 0 Å². The van der Waals surface area contributed by atoms with E-state index in [1.54, 1.807) is 0 Å². The van der Waals surface area contributed by atoms with Crippen molar-refractivity contribution in [3.05, 3.63) is 98.4 Å². The van der Waals surface area contributed by atoms with Crippen LogP contribution in [0.25, 0.3) is 28.2 Å². The Hall–Kier alpha value is -2.10. The summed E-state index contributed by atoms with van der Waals surface area (Å²) >= 11 is 7.82. The molecule has 0 N–H and O–H groups in total. The lowest BCUT2D eigenvalue weighted by atomic mass is 10.1. The number of hydrogen-bond donors (Lipinski definition) is 0. The monoisotopic (exact) mass is 563 g/mol. The van der Waals surface area contributed by atoms with E-state index in [0.717, 1.165) is 26.8 Å². The van der Waals surface area contributed by atoms with Crippen molar-refractivity contribution >= 4 is 31.9 Å². The van der Waals surface area contributed by atoms with Gasteiger partial charge in [-0.1, -0.05) is 98.0 Å². The first-order valence-electron chi connectivity index (χ1n) is 11.8. The van der Waals surface area contributed by atoms with Crippen LogP contribution in [0, 0.1) is 13.8 Å². The SMILES string of the molecule is CCCCCCc1ccc(-n2c(-c3ccc(C)cc3)c(Br)c(Br)c2-c2ccc(C)cc2)cc1. The molecular formula is C30H31Br2N. The van der Waals surface area contributed by atoms with Gasteiger partial charge in [0.2, 0.25) is 0 Å². The number of nitrogens with zero attached hydrogens (tertiary/aromatic N) is 1. The number of aromatic nitrogens is 1. The highest BCUT2D eigenvalue weighted by Gasteiger charge is 2.23. The third-order valence-electron chi connectivity index (χ3n) is 6.22. The van der Waals surface area contributed by atoms with Gasteiger partial charge in [0.1, 0.15) is 0 Å². The van der Waals surface area contributed by atoms with E-state index in [0.29, 0.717) is 0 Å². The smallest absolute Gasteiger partial charge is 0.0689 e. The topological polar surface area (TPSA) is 4.93 Å². The molecule has 0 radical (unpaired) electrons. The van der Waals surface area contributed by atoms with Crippen molar-refractivity contribution in [1.82, 2.24) is 4.57 Å². The maximum Gasteiger partial charge on any atom is 0.0689 e. The molecule has 0 unspecified atom stereocenters. The van der Waals surface area contributed by atoms with Crippen LogP contribution in [0.3, 0.4) is 0 Å². The molecule has 1 nitrogen and oxygen atoms in total. The van der Waals surface area contributed by atoms with Gasteiger partial charge in [0, 0.05) is 5.69 Å². The van der Waals surface area contributed by atoms with Gasteiger partial charge in [-0.15, -0.1) is 0 Å². The van der Waals surface area contributed by atoms with Crippen molar-refractivity contribution < 1.29 is 0 Å². The highest BCUT2D eigenvalue weighted by atomic mass is 79.9. The maximum absolute atomic E-state index is 3.91. The summed E-state index contributed by atoms with van der Waals surface area (Å²) in [5, 5.41) is 0. The van der Waals surface area contributed by atoms with Crippen molar-refractivity contribution in [2.24, 2.45) is 0 Å². The molecule has 4 aromatic rings. The molecule has 0 atom stereocenters. The standard InChI is InChI=1S/C30H31Br2N/c1-4-5-6-7-8-23-13-19-26(20-14-23)33-29(24-15-9-21(2)10-16-24)27(31)28(32)30(33)25-17-11-22(3)12-18-25/h9-20H,4-8H2,1-3H3. The minimum atomic E-state index is 1.07. The molecule has 3 heteroatoms. The molecule has 0 amide bonds. The molecule has 170 valence electrons. The third-order valence-corrected chi connectivity index (χ3v) is 8.30. The summed E-state index contributed by atoms with van der Waals surface area (Å²) in [7, 11) is 0. The van der Waals surface area contributed by atoms with E-state index in [2.05, 4.69) is 130 Å². The van der Waals surface area contributed by atoms with Gasteiger partial charge in [-0.05, 0) is 87.4 Å². The first-order valence-corrected chi connectivity index (χ1v) is 13.4. The van der Waals surface area contributed by atoms with Gasteiger partial charge in [-0.2, -0.15) is 0 Å². The van der Waals surface area contributed by atoms with E-state index in [-0.39, 0.29) is 0 Å². The fraction of sp³-hybridized carbons (Fsp3) is 0.267. The summed E-state index contributed by atoms with van der Waals surface area (Å²) in [6.07, 6.45) is 6.32. The minimum Gasteiger partial charge on any atom is -0.307 e. The highest BCUT2D eigenvalue weighted by Crippen LogP contribution is 2.45. The van der Waals surface area contributed by atoms with Gasteiger partial charge < -0.3 is 4.57 Å². The van der Waals surface area contributed by atoms with Crippen molar-refractivity contribution in [2.75, 3.05) is 0 Å². The number of benzene rings is 3. The Kier molecular flexibility index (Phi) is 7.93. The summed E-state index contributed by atoms with van der Waals surface area (Å²) in [5.74, 6) is 0. The Morgan fingerprint density at radius 3 is 1.55 bits per heavy atom. The molecule has 0 bridgehead atoms. The van der Waals surface area contributed by atoms with Gasteiger partial charge in [0.15, 0.2) is 0 Å². The normalized spacial score (nSPS) is 11.2. The van der Waals surface area contributed by atoms with Crippen LogP contribution in [0.5, 0.6) is 0 Å². The second kappa shape index (κ2) is 10.9. The zero-order valence-electron chi connectivity index (χ0n) is 19.7. The third kappa shape index (κ3) is 5.36. The van der Waals surface area contributed by atoms with Crippen LogP contribution in [0.4, 0.5) is 0 Å². The number of hydrogen-bond acceptors (Lipinski definition) is 0. The Labute approximate surface area is 215 Å². The number of rotatable bonds is 8. The first kappa shape index (κ1) is 24.0. The summed E-state index contributed by atoms with van der Waals surface area (Å²) in [4.78, 5) is 0. The van der Waals surface area contributed by atoms with Crippen LogP contribution < -0.4 is 0 Å². The van der Waals surface area contributed by atoms with E-state index in [9.17, 15) is 0 Å². The lowest BCUT2D eigenvalue weighted by molar-refractivity contribution is 0.667. The van der Waals surface area contributed by atoms with Gasteiger partial charge in [-0.3, -0.25) is 0 Å². The van der Waals surface area contributed by atoms with E-state index < -0.39 is 0 Å². The molecule has 0 spiro atoms. The predicted molar refractivity (Wildman–Crippen MR) is 149 cm³/mol. The molecule has 33 heavy (non-hydrogen) atoms. The second-order valence-corrected chi connectivity index (χ2v) is 10.5. The van der Waals surface area contributed by atoms with Gasteiger partial charge in [0.25, 0.3) is 0 Å². The molecule has 1 aromatic heterocycles. The van der Waals surface area contributed by atoms with E-state index in [1.165, 1.54) is 59.2 Å². The van der Waals surface area contributed by atoms with Crippen LogP contribution in [-0.2, 0) is 6.42 Å². The quantitative estimate of drug-likeness (QED) is 0.187. The number of halogens is 2. The Bertz CT molecular complexity index is 1130. The van der Waals surface area contributed by atoms with Crippen molar-refractivity contribution in [1.29, 1.82) is 0 Å².